The number of carbonyl (C=O) groups is 1. The second-order valence-electron chi connectivity index (χ2n) is 4.46. The quantitative estimate of drug-likeness (QED) is 0.884. The van der Waals surface area contributed by atoms with E-state index in [1.54, 1.807) is 16.9 Å². The van der Waals surface area contributed by atoms with Gasteiger partial charge in [0, 0.05) is 16.4 Å². The highest BCUT2D eigenvalue weighted by molar-refractivity contribution is 9.10. The van der Waals surface area contributed by atoms with Crippen LogP contribution in [0.4, 0.5) is 0 Å². The average molecular weight is 381 g/mol. The SMILES string of the molecule is O=C(NC1=NCCS1)c1ccn(COc2ccc(Br)cc2)n1. The molecule has 2 aromatic rings. The van der Waals surface area contributed by atoms with Crippen LogP contribution < -0.4 is 10.1 Å². The first-order valence-corrected chi connectivity index (χ1v) is 8.39. The maximum absolute atomic E-state index is 12.0. The van der Waals surface area contributed by atoms with Gasteiger partial charge in [-0.3, -0.25) is 15.1 Å². The molecule has 0 unspecified atom stereocenters. The Hall–Kier alpha value is -1.80. The third-order valence-corrected chi connectivity index (χ3v) is 4.28. The van der Waals surface area contributed by atoms with E-state index in [9.17, 15) is 4.79 Å². The normalized spacial score (nSPS) is 13.8. The van der Waals surface area contributed by atoms with Crippen molar-refractivity contribution >= 4 is 38.8 Å². The van der Waals surface area contributed by atoms with E-state index in [-0.39, 0.29) is 12.6 Å². The van der Waals surface area contributed by atoms with Crippen LogP contribution in [-0.4, -0.2) is 33.2 Å². The highest BCUT2D eigenvalue weighted by Crippen LogP contribution is 2.16. The van der Waals surface area contributed by atoms with Gasteiger partial charge < -0.3 is 4.74 Å². The fourth-order valence-electron chi connectivity index (χ4n) is 1.80. The highest BCUT2D eigenvalue weighted by atomic mass is 79.9. The first-order valence-electron chi connectivity index (χ1n) is 6.61. The number of nitrogens with one attached hydrogen (secondary N) is 1. The van der Waals surface area contributed by atoms with Gasteiger partial charge in [0.05, 0.1) is 6.54 Å². The van der Waals surface area contributed by atoms with Crippen LogP contribution >= 0.6 is 27.7 Å². The van der Waals surface area contributed by atoms with Crippen molar-refractivity contribution < 1.29 is 9.53 Å². The minimum Gasteiger partial charge on any atom is -0.471 e. The maximum atomic E-state index is 12.0. The molecule has 1 amide bonds. The number of aromatic nitrogens is 2. The molecule has 8 heteroatoms. The molecule has 1 N–H and O–H groups in total. The van der Waals surface area contributed by atoms with Gasteiger partial charge in [-0.1, -0.05) is 27.7 Å². The van der Waals surface area contributed by atoms with Crippen LogP contribution in [0.3, 0.4) is 0 Å². The Morgan fingerprint density at radius 1 is 1.36 bits per heavy atom. The van der Waals surface area contributed by atoms with Crippen molar-refractivity contribution in [2.45, 2.75) is 6.73 Å². The highest BCUT2D eigenvalue weighted by Gasteiger charge is 2.14. The summed E-state index contributed by atoms with van der Waals surface area (Å²) in [5.41, 5.74) is 0.342. The van der Waals surface area contributed by atoms with Gasteiger partial charge >= 0.3 is 0 Å². The summed E-state index contributed by atoms with van der Waals surface area (Å²) in [5.74, 6) is 1.39. The second-order valence-corrected chi connectivity index (χ2v) is 6.46. The van der Waals surface area contributed by atoms with E-state index in [4.69, 9.17) is 4.74 Å². The Bertz CT molecular complexity index is 699. The smallest absolute Gasteiger partial charge is 0.277 e. The first-order chi connectivity index (χ1) is 10.7. The monoisotopic (exact) mass is 380 g/mol. The van der Waals surface area contributed by atoms with Crippen LogP contribution in [-0.2, 0) is 6.73 Å². The summed E-state index contributed by atoms with van der Waals surface area (Å²) in [6.07, 6.45) is 1.71. The maximum Gasteiger partial charge on any atom is 0.277 e. The van der Waals surface area contributed by atoms with E-state index in [0.29, 0.717) is 10.9 Å². The number of halogens is 1. The van der Waals surface area contributed by atoms with Crippen molar-refractivity contribution in [1.82, 2.24) is 15.1 Å². The Kier molecular flexibility index (Phi) is 4.79. The topological polar surface area (TPSA) is 68.5 Å². The molecular formula is C14H13BrN4O2S. The van der Waals surface area contributed by atoms with Crippen molar-refractivity contribution in [1.29, 1.82) is 0 Å². The number of thioether (sulfide) groups is 1. The number of rotatable bonds is 4. The summed E-state index contributed by atoms with van der Waals surface area (Å²) >= 11 is 4.90. The van der Waals surface area contributed by atoms with Crippen molar-refractivity contribution in [3.8, 4) is 5.75 Å². The lowest BCUT2D eigenvalue weighted by Crippen LogP contribution is -2.27. The van der Waals surface area contributed by atoms with Crippen LogP contribution in [0, 0.1) is 0 Å². The number of amidine groups is 1. The van der Waals surface area contributed by atoms with E-state index in [1.807, 2.05) is 24.3 Å². The number of hydrogen-bond acceptors (Lipinski definition) is 5. The minimum atomic E-state index is -0.254. The Labute approximate surface area is 140 Å². The zero-order valence-electron chi connectivity index (χ0n) is 11.5. The molecule has 3 rings (SSSR count). The number of amides is 1. The van der Waals surface area contributed by atoms with Gasteiger partial charge in [0.25, 0.3) is 5.91 Å². The van der Waals surface area contributed by atoms with Gasteiger partial charge in [0.1, 0.15) is 5.75 Å². The number of nitrogens with zero attached hydrogens (tertiary/aromatic N) is 3. The van der Waals surface area contributed by atoms with Crippen LogP contribution in [0.25, 0.3) is 0 Å². The third kappa shape index (κ3) is 3.89. The first kappa shape index (κ1) is 15.1. The Morgan fingerprint density at radius 3 is 2.91 bits per heavy atom. The number of benzene rings is 1. The lowest BCUT2D eigenvalue weighted by atomic mass is 10.3. The molecule has 6 nitrogen and oxygen atoms in total. The molecular weight excluding hydrogens is 368 g/mol. The van der Waals surface area contributed by atoms with Crippen molar-refractivity contribution in [2.75, 3.05) is 12.3 Å². The molecule has 1 aliphatic heterocycles. The number of hydrogen-bond donors (Lipinski definition) is 1. The molecule has 1 aliphatic rings. The lowest BCUT2D eigenvalue weighted by molar-refractivity contribution is 0.0971. The fraction of sp³-hybridized carbons (Fsp3) is 0.214. The molecule has 0 saturated carbocycles. The Morgan fingerprint density at radius 2 is 2.18 bits per heavy atom. The lowest BCUT2D eigenvalue weighted by Gasteiger charge is -2.06. The van der Waals surface area contributed by atoms with Gasteiger partial charge in [-0.05, 0) is 30.3 Å². The van der Waals surface area contributed by atoms with Gasteiger partial charge in [0.15, 0.2) is 17.6 Å². The molecule has 1 aromatic heterocycles. The number of ether oxygens (including phenoxy) is 1. The van der Waals surface area contributed by atoms with E-state index in [1.165, 1.54) is 11.8 Å². The van der Waals surface area contributed by atoms with Crippen LogP contribution in [0.1, 0.15) is 10.5 Å². The van der Waals surface area contributed by atoms with E-state index in [0.717, 1.165) is 22.5 Å². The molecule has 0 aliphatic carbocycles. The largest absolute Gasteiger partial charge is 0.471 e. The molecule has 0 bridgehead atoms. The van der Waals surface area contributed by atoms with Gasteiger partial charge in [-0.2, -0.15) is 5.10 Å². The fourth-order valence-corrected chi connectivity index (χ4v) is 2.79. The van der Waals surface area contributed by atoms with Crippen LogP contribution in [0.15, 0.2) is 46.0 Å². The van der Waals surface area contributed by atoms with Crippen molar-refractivity contribution in [2.24, 2.45) is 4.99 Å². The molecule has 0 atom stereocenters. The molecule has 0 radical (unpaired) electrons. The molecule has 2 heterocycles. The van der Waals surface area contributed by atoms with Gasteiger partial charge in [-0.15, -0.1) is 0 Å². The van der Waals surface area contributed by atoms with E-state index in [2.05, 4.69) is 31.3 Å². The van der Waals surface area contributed by atoms with Crippen molar-refractivity contribution in [3.05, 3.63) is 46.7 Å². The molecule has 0 spiro atoms. The molecule has 1 aromatic carbocycles. The van der Waals surface area contributed by atoms with Gasteiger partial charge in [0.2, 0.25) is 0 Å². The molecule has 22 heavy (non-hydrogen) atoms. The summed E-state index contributed by atoms with van der Waals surface area (Å²) in [6.45, 7) is 0.986. The number of carbonyl (C=O) groups excluding carboxylic acids is 1. The van der Waals surface area contributed by atoms with E-state index < -0.39 is 0 Å². The minimum absolute atomic E-state index is 0.241. The summed E-state index contributed by atoms with van der Waals surface area (Å²) in [6, 6.07) is 9.17. The predicted molar refractivity (Wildman–Crippen MR) is 89.2 cm³/mol. The predicted octanol–water partition coefficient (Wildman–Crippen LogP) is 2.51. The zero-order valence-corrected chi connectivity index (χ0v) is 13.9. The summed E-state index contributed by atoms with van der Waals surface area (Å²) in [7, 11) is 0. The second kappa shape index (κ2) is 6.97. The molecule has 114 valence electrons. The Balaban J connectivity index is 1.56. The zero-order chi connectivity index (χ0) is 15.4. The van der Waals surface area contributed by atoms with Crippen molar-refractivity contribution in [3.63, 3.8) is 0 Å². The number of aliphatic imine (C=N–C) groups is 1. The third-order valence-electron chi connectivity index (χ3n) is 2.86. The molecule has 0 fully saturated rings. The van der Waals surface area contributed by atoms with E-state index >= 15 is 0 Å². The van der Waals surface area contributed by atoms with Crippen LogP contribution in [0.2, 0.25) is 0 Å². The standard InChI is InChI=1S/C14H13BrN4O2S/c15-10-1-3-11(4-2-10)21-9-19-7-5-12(18-19)13(20)17-14-16-6-8-22-14/h1-5,7H,6,8-9H2,(H,16,17,20). The summed E-state index contributed by atoms with van der Waals surface area (Å²) in [4.78, 5) is 16.2. The summed E-state index contributed by atoms with van der Waals surface area (Å²) in [5, 5.41) is 7.59. The van der Waals surface area contributed by atoms with Crippen LogP contribution in [0.5, 0.6) is 5.75 Å². The molecule has 0 saturated heterocycles. The van der Waals surface area contributed by atoms with Gasteiger partial charge in [-0.25, -0.2) is 4.68 Å². The summed E-state index contributed by atoms with van der Waals surface area (Å²) < 4.78 is 8.15. The average Bonchev–Trinajstić information content (AvgIpc) is 3.18.